The van der Waals surface area contributed by atoms with Crippen molar-refractivity contribution in [1.29, 1.82) is 0 Å². The molecule has 1 unspecified atom stereocenters. The van der Waals surface area contributed by atoms with E-state index in [2.05, 4.69) is 22.2 Å². The molecule has 2 heterocycles. The first-order valence-electron chi connectivity index (χ1n) is 6.57. The third-order valence-electron chi connectivity index (χ3n) is 2.94. The number of aromatic nitrogens is 2. The summed E-state index contributed by atoms with van der Waals surface area (Å²) in [7, 11) is 0. The molecule has 5 heteroatoms. The molecule has 1 aliphatic rings. The molecule has 1 aliphatic heterocycles. The van der Waals surface area contributed by atoms with Gasteiger partial charge in [0.2, 0.25) is 11.8 Å². The van der Waals surface area contributed by atoms with Gasteiger partial charge in [-0.25, -0.2) is 4.98 Å². The van der Waals surface area contributed by atoms with Crippen LogP contribution in [0.4, 0.5) is 5.95 Å². The number of hydrogen-bond donors (Lipinski definition) is 1. The topological polar surface area (TPSA) is 56.3 Å². The summed E-state index contributed by atoms with van der Waals surface area (Å²) in [6.07, 6.45) is 3.92. The first-order valence-corrected chi connectivity index (χ1v) is 6.57. The molecule has 5 nitrogen and oxygen atoms in total. The lowest BCUT2D eigenvalue weighted by molar-refractivity contribution is 0.165. The summed E-state index contributed by atoms with van der Waals surface area (Å²) in [5.41, 5.74) is 0.968. The van der Waals surface area contributed by atoms with Crippen molar-refractivity contribution in [2.24, 2.45) is 5.92 Å². The zero-order chi connectivity index (χ0) is 12.8. The Bertz CT molecular complexity index is 378. The van der Waals surface area contributed by atoms with Crippen molar-refractivity contribution in [2.75, 3.05) is 31.7 Å². The lowest BCUT2D eigenvalue weighted by Gasteiger charge is -2.12. The molecular weight excluding hydrogens is 230 g/mol. The maximum atomic E-state index is 5.77. The van der Waals surface area contributed by atoms with Gasteiger partial charge in [-0.3, -0.25) is 0 Å². The van der Waals surface area contributed by atoms with Crippen LogP contribution < -0.4 is 10.1 Å². The van der Waals surface area contributed by atoms with Crippen molar-refractivity contribution in [3.05, 3.63) is 11.8 Å². The van der Waals surface area contributed by atoms with Gasteiger partial charge in [0.15, 0.2) is 0 Å². The number of hydrogen-bond acceptors (Lipinski definition) is 5. The minimum Gasteiger partial charge on any atom is -0.477 e. The Morgan fingerprint density at radius 2 is 2.44 bits per heavy atom. The molecule has 2 rings (SSSR count). The summed E-state index contributed by atoms with van der Waals surface area (Å²) in [6.45, 7) is 7.26. The molecule has 18 heavy (non-hydrogen) atoms. The fraction of sp³-hybridized carbons (Fsp3) is 0.692. The first kappa shape index (κ1) is 13.1. The first-order chi connectivity index (χ1) is 8.79. The van der Waals surface area contributed by atoms with Crippen LogP contribution in [0.25, 0.3) is 0 Å². The molecule has 1 atom stereocenters. The predicted octanol–water partition coefficient (Wildman–Crippen LogP) is 2.02. The number of rotatable bonds is 6. The summed E-state index contributed by atoms with van der Waals surface area (Å²) in [4.78, 5) is 8.61. The van der Waals surface area contributed by atoms with Crippen LogP contribution in [0.15, 0.2) is 6.20 Å². The number of nitrogens with zero attached hydrogens (tertiary/aromatic N) is 2. The summed E-state index contributed by atoms with van der Waals surface area (Å²) in [5.74, 6) is 1.81. The maximum Gasteiger partial charge on any atom is 0.225 e. The highest BCUT2D eigenvalue weighted by molar-refractivity contribution is 5.32. The molecule has 1 aromatic rings. The Labute approximate surface area is 108 Å². The molecule has 0 saturated carbocycles. The standard InChI is InChI=1S/C13H21N3O2/c1-3-5-14-13-15-7-10(2)12(16-13)18-9-11-4-6-17-8-11/h7,11H,3-6,8-9H2,1-2H3,(H,14,15,16). The van der Waals surface area contributed by atoms with Gasteiger partial charge in [0.05, 0.1) is 13.2 Å². The van der Waals surface area contributed by atoms with Gasteiger partial charge < -0.3 is 14.8 Å². The summed E-state index contributed by atoms with van der Waals surface area (Å²) in [6, 6.07) is 0. The lowest BCUT2D eigenvalue weighted by atomic mass is 10.1. The fourth-order valence-electron chi connectivity index (χ4n) is 1.81. The summed E-state index contributed by atoms with van der Waals surface area (Å²) in [5, 5.41) is 3.16. The van der Waals surface area contributed by atoms with Gasteiger partial charge in [-0.05, 0) is 19.8 Å². The monoisotopic (exact) mass is 251 g/mol. The van der Waals surface area contributed by atoms with Gasteiger partial charge in [-0.2, -0.15) is 4.98 Å². The average molecular weight is 251 g/mol. The Kier molecular flexibility index (Phi) is 4.75. The number of ether oxygens (including phenoxy) is 2. The van der Waals surface area contributed by atoms with Crippen molar-refractivity contribution in [2.45, 2.75) is 26.7 Å². The smallest absolute Gasteiger partial charge is 0.225 e. The van der Waals surface area contributed by atoms with Crippen LogP contribution in [-0.4, -0.2) is 36.3 Å². The van der Waals surface area contributed by atoms with Gasteiger partial charge in [0.25, 0.3) is 0 Å². The van der Waals surface area contributed by atoms with Crippen LogP contribution in [0, 0.1) is 12.8 Å². The van der Waals surface area contributed by atoms with Crippen molar-refractivity contribution >= 4 is 5.95 Å². The van der Waals surface area contributed by atoms with Gasteiger partial charge in [0, 0.05) is 30.8 Å². The molecular formula is C13H21N3O2. The Hall–Kier alpha value is -1.36. The minimum absolute atomic E-state index is 0.492. The van der Waals surface area contributed by atoms with Crippen LogP contribution in [0.3, 0.4) is 0 Å². The molecule has 1 saturated heterocycles. The molecule has 0 radical (unpaired) electrons. The van der Waals surface area contributed by atoms with Crippen LogP contribution in [0.2, 0.25) is 0 Å². The van der Waals surface area contributed by atoms with Gasteiger partial charge >= 0.3 is 0 Å². The summed E-state index contributed by atoms with van der Waals surface area (Å²) < 4.78 is 11.1. The van der Waals surface area contributed by atoms with Crippen molar-refractivity contribution in [3.8, 4) is 5.88 Å². The van der Waals surface area contributed by atoms with E-state index < -0.39 is 0 Å². The van der Waals surface area contributed by atoms with E-state index in [1.807, 2.05) is 6.92 Å². The molecule has 1 aromatic heterocycles. The molecule has 100 valence electrons. The van der Waals surface area contributed by atoms with E-state index in [0.717, 1.165) is 38.2 Å². The molecule has 0 amide bonds. The molecule has 0 aromatic carbocycles. The highest BCUT2D eigenvalue weighted by Crippen LogP contribution is 2.18. The second-order valence-electron chi connectivity index (χ2n) is 4.65. The number of anilines is 1. The quantitative estimate of drug-likeness (QED) is 0.838. The third kappa shape index (κ3) is 3.57. The Morgan fingerprint density at radius 1 is 1.56 bits per heavy atom. The normalized spacial score (nSPS) is 18.9. The van der Waals surface area contributed by atoms with Gasteiger partial charge in [-0.1, -0.05) is 6.92 Å². The average Bonchev–Trinajstić information content (AvgIpc) is 2.89. The van der Waals surface area contributed by atoms with Crippen LogP contribution in [-0.2, 0) is 4.74 Å². The van der Waals surface area contributed by atoms with Crippen molar-refractivity contribution in [1.82, 2.24) is 9.97 Å². The predicted molar refractivity (Wildman–Crippen MR) is 70.0 cm³/mol. The van der Waals surface area contributed by atoms with E-state index in [0.29, 0.717) is 24.4 Å². The van der Waals surface area contributed by atoms with Crippen molar-refractivity contribution < 1.29 is 9.47 Å². The minimum atomic E-state index is 0.492. The van der Waals surface area contributed by atoms with E-state index in [-0.39, 0.29) is 0 Å². The van der Waals surface area contributed by atoms with E-state index in [4.69, 9.17) is 9.47 Å². The van der Waals surface area contributed by atoms with E-state index >= 15 is 0 Å². The highest BCUT2D eigenvalue weighted by atomic mass is 16.5. The zero-order valence-electron chi connectivity index (χ0n) is 11.1. The molecule has 0 spiro atoms. The Balaban J connectivity index is 1.92. The maximum absolute atomic E-state index is 5.77. The van der Waals surface area contributed by atoms with E-state index in [1.165, 1.54) is 0 Å². The second kappa shape index (κ2) is 6.54. The fourth-order valence-corrected chi connectivity index (χ4v) is 1.81. The van der Waals surface area contributed by atoms with E-state index in [1.54, 1.807) is 6.20 Å². The molecule has 0 aliphatic carbocycles. The van der Waals surface area contributed by atoms with Crippen LogP contribution in [0.1, 0.15) is 25.3 Å². The molecule has 1 fully saturated rings. The van der Waals surface area contributed by atoms with E-state index in [9.17, 15) is 0 Å². The van der Waals surface area contributed by atoms with Gasteiger partial charge in [-0.15, -0.1) is 0 Å². The van der Waals surface area contributed by atoms with Crippen LogP contribution in [0.5, 0.6) is 5.88 Å². The largest absolute Gasteiger partial charge is 0.477 e. The molecule has 1 N–H and O–H groups in total. The highest BCUT2D eigenvalue weighted by Gasteiger charge is 2.17. The SMILES string of the molecule is CCCNc1ncc(C)c(OCC2CCOC2)n1. The molecule has 0 bridgehead atoms. The Morgan fingerprint density at radius 3 is 3.17 bits per heavy atom. The number of aryl methyl sites for hydroxylation is 1. The van der Waals surface area contributed by atoms with Crippen molar-refractivity contribution in [3.63, 3.8) is 0 Å². The number of nitrogens with one attached hydrogen (secondary N) is 1. The third-order valence-corrected chi connectivity index (χ3v) is 2.94. The summed E-state index contributed by atoms with van der Waals surface area (Å²) >= 11 is 0. The lowest BCUT2D eigenvalue weighted by Crippen LogP contribution is -2.14. The van der Waals surface area contributed by atoms with Gasteiger partial charge in [0.1, 0.15) is 0 Å². The zero-order valence-corrected chi connectivity index (χ0v) is 11.1. The second-order valence-corrected chi connectivity index (χ2v) is 4.65. The van der Waals surface area contributed by atoms with Crippen LogP contribution >= 0.6 is 0 Å².